The van der Waals surface area contributed by atoms with Gasteiger partial charge in [0, 0.05) is 67.7 Å². The normalized spacial score (nSPS) is 14.6. The summed E-state index contributed by atoms with van der Waals surface area (Å²) in [4.78, 5) is 23.0. The van der Waals surface area contributed by atoms with Crippen molar-refractivity contribution in [3.05, 3.63) is 112 Å². The highest BCUT2D eigenvalue weighted by atomic mass is 35.5. The van der Waals surface area contributed by atoms with Crippen LogP contribution in [0, 0.1) is 6.92 Å². The van der Waals surface area contributed by atoms with Crippen molar-refractivity contribution >= 4 is 38.3 Å². The standard InChI is InChI=1S/C35H38ClN5O5S/c1-25-7-9-30(10-8-25)47(43,44)41-23-32(31-21-29(22-37-35(31)41)39-14-17-46-18-15-39)26-11-12-40(34(42)20-26)33(24-38(2)13-16-45-3)27-5-4-6-28(36)19-27/h4-12,19-23,33H,13-18,24H2,1-3H3. The van der Waals surface area contributed by atoms with E-state index in [1.807, 2.05) is 50.4 Å². The quantitative estimate of drug-likeness (QED) is 0.192. The van der Waals surface area contributed by atoms with Crippen molar-refractivity contribution in [1.82, 2.24) is 18.4 Å². The molecule has 5 aromatic rings. The molecular weight excluding hydrogens is 638 g/mol. The van der Waals surface area contributed by atoms with E-state index < -0.39 is 10.0 Å². The first-order valence-corrected chi connectivity index (χ1v) is 17.3. The minimum absolute atomic E-state index is 0.156. The molecule has 3 aromatic heterocycles. The third-order valence-electron chi connectivity index (χ3n) is 8.54. The molecule has 2 aromatic carbocycles. The molecule has 47 heavy (non-hydrogen) atoms. The van der Waals surface area contributed by atoms with Crippen molar-refractivity contribution < 1.29 is 17.9 Å². The highest BCUT2D eigenvalue weighted by Gasteiger charge is 2.25. The van der Waals surface area contributed by atoms with Crippen LogP contribution in [0.5, 0.6) is 0 Å². The van der Waals surface area contributed by atoms with Crippen molar-refractivity contribution in [2.24, 2.45) is 0 Å². The van der Waals surface area contributed by atoms with Gasteiger partial charge in [-0.1, -0.05) is 41.4 Å². The average molecular weight is 676 g/mol. The van der Waals surface area contributed by atoms with Crippen molar-refractivity contribution in [1.29, 1.82) is 0 Å². The maximum absolute atomic E-state index is 14.0. The highest BCUT2D eigenvalue weighted by molar-refractivity contribution is 7.90. The van der Waals surface area contributed by atoms with Gasteiger partial charge in [0.2, 0.25) is 0 Å². The van der Waals surface area contributed by atoms with Crippen LogP contribution in [0.1, 0.15) is 17.2 Å². The third-order valence-corrected chi connectivity index (χ3v) is 10.4. The number of fused-ring (bicyclic) bond motifs is 1. The molecule has 0 bridgehead atoms. The number of hydrogen-bond acceptors (Lipinski definition) is 8. The monoisotopic (exact) mass is 675 g/mol. The number of benzene rings is 2. The van der Waals surface area contributed by atoms with E-state index in [0.29, 0.717) is 73.2 Å². The van der Waals surface area contributed by atoms with Crippen molar-refractivity contribution in [3.63, 3.8) is 0 Å². The predicted molar refractivity (Wildman–Crippen MR) is 185 cm³/mol. The van der Waals surface area contributed by atoms with Gasteiger partial charge in [0.05, 0.1) is 42.6 Å². The molecule has 1 unspecified atom stereocenters. The number of likely N-dealkylation sites (N-methyl/N-ethyl adjacent to an activating group) is 1. The Morgan fingerprint density at radius 1 is 1.06 bits per heavy atom. The van der Waals surface area contributed by atoms with Crippen molar-refractivity contribution in [2.45, 2.75) is 17.9 Å². The number of hydrogen-bond donors (Lipinski definition) is 0. The van der Waals surface area contributed by atoms with E-state index >= 15 is 0 Å². The van der Waals surface area contributed by atoms with Crippen molar-refractivity contribution in [3.8, 4) is 11.1 Å². The molecule has 0 radical (unpaired) electrons. The van der Waals surface area contributed by atoms with Gasteiger partial charge in [0.25, 0.3) is 15.6 Å². The number of rotatable bonds is 11. The third kappa shape index (κ3) is 7.00. The molecule has 0 spiro atoms. The Morgan fingerprint density at radius 2 is 1.83 bits per heavy atom. The summed E-state index contributed by atoms with van der Waals surface area (Å²) in [6, 6.07) is 19.3. The fourth-order valence-corrected chi connectivity index (χ4v) is 7.44. The first kappa shape index (κ1) is 32.9. The van der Waals surface area contributed by atoms with Gasteiger partial charge in [-0.05, 0) is 61.5 Å². The van der Waals surface area contributed by atoms with Gasteiger partial charge in [-0.25, -0.2) is 17.4 Å². The van der Waals surface area contributed by atoms with Gasteiger partial charge in [-0.3, -0.25) is 4.79 Å². The second-order valence-electron chi connectivity index (χ2n) is 11.8. The summed E-state index contributed by atoms with van der Waals surface area (Å²) in [6.07, 6.45) is 5.04. The zero-order valence-electron chi connectivity index (χ0n) is 26.7. The van der Waals surface area contributed by atoms with E-state index in [1.54, 1.807) is 60.6 Å². The summed E-state index contributed by atoms with van der Waals surface area (Å²) in [5.74, 6) is 0. The van der Waals surface area contributed by atoms with Crippen LogP contribution < -0.4 is 10.5 Å². The summed E-state index contributed by atoms with van der Waals surface area (Å²) < 4.78 is 41.6. The number of anilines is 1. The number of aromatic nitrogens is 3. The summed E-state index contributed by atoms with van der Waals surface area (Å²) in [5, 5.41) is 1.22. The van der Waals surface area contributed by atoms with Crippen LogP contribution in [0.15, 0.2) is 95.0 Å². The highest BCUT2D eigenvalue weighted by Crippen LogP contribution is 2.34. The fraction of sp³-hybridized carbons (Fsp3) is 0.314. The Morgan fingerprint density at radius 3 is 2.53 bits per heavy atom. The minimum atomic E-state index is -3.99. The van der Waals surface area contributed by atoms with Gasteiger partial charge >= 0.3 is 0 Å². The second-order valence-corrected chi connectivity index (χ2v) is 14.1. The van der Waals surface area contributed by atoms with Gasteiger partial charge in [-0.15, -0.1) is 0 Å². The molecule has 0 saturated carbocycles. The number of morpholine rings is 1. The Kier molecular flexibility index (Phi) is 9.81. The molecule has 4 heterocycles. The number of ether oxygens (including phenoxy) is 2. The molecule has 0 amide bonds. The zero-order chi connectivity index (χ0) is 33.1. The van der Waals surface area contributed by atoms with Crippen LogP contribution in [-0.4, -0.2) is 87.0 Å². The molecule has 6 rings (SSSR count). The van der Waals surface area contributed by atoms with Gasteiger partial charge in [0.15, 0.2) is 5.65 Å². The van der Waals surface area contributed by atoms with Gasteiger partial charge < -0.3 is 23.8 Å². The number of methoxy groups -OCH3 is 1. The van der Waals surface area contributed by atoms with Crippen molar-refractivity contribution in [2.75, 3.05) is 65.1 Å². The van der Waals surface area contributed by atoms with Crippen LogP contribution in [-0.2, 0) is 19.5 Å². The smallest absolute Gasteiger partial charge is 0.269 e. The Labute approximate surface area is 279 Å². The molecule has 1 aliphatic rings. The van der Waals surface area contributed by atoms with Gasteiger partial charge in [-0.2, -0.15) is 0 Å². The lowest BCUT2D eigenvalue weighted by Crippen LogP contribution is -2.36. The number of pyridine rings is 2. The molecular formula is C35H38ClN5O5S. The molecule has 1 atom stereocenters. The number of nitrogens with zero attached hydrogens (tertiary/aromatic N) is 5. The number of aryl methyl sites for hydroxylation is 1. The lowest BCUT2D eigenvalue weighted by atomic mass is 10.0. The minimum Gasteiger partial charge on any atom is -0.383 e. The topological polar surface area (TPSA) is 98.9 Å². The first-order valence-electron chi connectivity index (χ1n) is 15.5. The molecule has 12 heteroatoms. The summed E-state index contributed by atoms with van der Waals surface area (Å²) in [7, 11) is -0.346. The molecule has 1 aliphatic heterocycles. The van der Waals surface area contributed by atoms with Gasteiger partial charge in [0.1, 0.15) is 0 Å². The SMILES string of the molecule is COCCN(C)CC(c1cccc(Cl)c1)n1ccc(-c2cn(S(=O)(=O)c3ccc(C)cc3)c3ncc(N4CCOCC4)cc23)cc1=O. The Hall–Kier alpha value is -4.00. The second kappa shape index (κ2) is 14.0. The summed E-state index contributed by atoms with van der Waals surface area (Å²) in [6.45, 7) is 6.29. The largest absolute Gasteiger partial charge is 0.383 e. The van der Waals surface area contributed by atoms with Crippen LogP contribution in [0.3, 0.4) is 0 Å². The maximum atomic E-state index is 14.0. The summed E-state index contributed by atoms with van der Waals surface area (Å²) in [5.41, 5.74) is 3.96. The van der Waals surface area contributed by atoms with E-state index in [4.69, 9.17) is 21.1 Å². The molecule has 1 saturated heterocycles. The maximum Gasteiger partial charge on any atom is 0.269 e. The van der Waals surface area contributed by atoms with E-state index in [9.17, 15) is 13.2 Å². The van der Waals surface area contributed by atoms with Crippen LogP contribution in [0.2, 0.25) is 5.02 Å². The fourth-order valence-electron chi connectivity index (χ4n) is 5.92. The van der Waals surface area contributed by atoms with E-state index in [-0.39, 0.29) is 16.5 Å². The molecule has 10 nitrogen and oxygen atoms in total. The Balaban J connectivity index is 1.47. The zero-order valence-corrected chi connectivity index (χ0v) is 28.2. The average Bonchev–Trinajstić information content (AvgIpc) is 3.47. The molecule has 1 fully saturated rings. The van der Waals surface area contributed by atoms with E-state index in [2.05, 4.69) is 14.8 Å². The van der Waals surface area contributed by atoms with Crippen LogP contribution >= 0.6 is 11.6 Å². The lowest BCUT2D eigenvalue weighted by molar-refractivity contribution is 0.122. The molecule has 246 valence electrons. The molecule has 0 aliphatic carbocycles. The number of halogens is 1. The predicted octanol–water partition coefficient (Wildman–Crippen LogP) is 5.07. The van der Waals surface area contributed by atoms with Crippen LogP contribution in [0.4, 0.5) is 5.69 Å². The van der Waals surface area contributed by atoms with E-state index in [1.165, 1.54) is 3.97 Å². The summed E-state index contributed by atoms with van der Waals surface area (Å²) >= 11 is 6.37. The van der Waals surface area contributed by atoms with E-state index in [0.717, 1.165) is 16.8 Å². The first-order chi connectivity index (χ1) is 22.7. The Bertz CT molecular complexity index is 2040. The lowest BCUT2D eigenvalue weighted by Gasteiger charge is -2.28. The van der Waals surface area contributed by atoms with Crippen LogP contribution in [0.25, 0.3) is 22.2 Å². The molecule has 0 N–H and O–H groups in total.